The van der Waals surface area contributed by atoms with E-state index in [0.717, 1.165) is 16.9 Å². The second kappa shape index (κ2) is 9.27. The molecule has 1 N–H and O–H groups in total. The minimum absolute atomic E-state index is 0.0327. The number of rotatable bonds is 8. The van der Waals surface area contributed by atoms with Gasteiger partial charge >= 0.3 is 0 Å². The number of nitrogens with one attached hydrogen (secondary N) is 1. The quantitative estimate of drug-likeness (QED) is 0.793. The molecule has 0 heterocycles. The number of nitrogens with zero attached hydrogens (tertiary/aromatic N) is 2. The van der Waals surface area contributed by atoms with Gasteiger partial charge in [-0.05, 0) is 37.6 Å². The van der Waals surface area contributed by atoms with E-state index < -0.39 is 0 Å². The SMILES string of the molecule is CCC(=O)Nc1ccc(N(C)C)c(CN(C(=O)COC)C(C)C)c1. The van der Waals surface area contributed by atoms with Crippen LogP contribution in [0.4, 0.5) is 11.4 Å². The Kier molecular flexibility index (Phi) is 7.71. The molecular formula is C18H29N3O3. The standard InChI is InChI=1S/C18H29N3O3/c1-7-17(22)19-15-8-9-16(20(4)5)14(10-15)11-21(13(2)3)18(23)12-24-6/h8-10,13H,7,11-12H2,1-6H3,(H,19,22). The number of hydrogen-bond donors (Lipinski definition) is 1. The van der Waals surface area contributed by atoms with E-state index in [9.17, 15) is 9.59 Å². The van der Waals surface area contributed by atoms with Crippen LogP contribution in [0.25, 0.3) is 0 Å². The summed E-state index contributed by atoms with van der Waals surface area (Å²) in [4.78, 5) is 27.7. The molecule has 24 heavy (non-hydrogen) atoms. The van der Waals surface area contributed by atoms with Crippen molar-refractivity contribution >= 4 is 23.2 Å². The van der Waals surface area contributed by atoms with E-state index in [0.29, 0.717) is 13.0 Å². The number of amides is 2. The Balaban J connectivity index is 3.14. The molecule has 0 aliphatic rings. The Labute approximate surface area is 144 Å². The smallest absolute Gasteiger partial charge is 0.249 e. The van der Waals surface area contributed by atoms with E-state index in [2.05, 4.69) is 5.32 Å². The summed E-state index contributed by atoms with van der Waals surface area (Å²) in [7, 11) is 5.43. The maximum atomic E-state index is 12.3. The number of hydrogen-bond acceptors (Lipinski definition) is 4. The maximum absolute atomic E-state index is 12.3. The lowest BCUT2D eigenvalue weighted by Gasteiger charge is -2.29. The molecule has 0 aliphatic heterocycles. The summed E-state index contributed by atoms with van der Waals surface area (Å²) in [6, 6.07) is 5.82. The number of carbonyl (C=O) groups is 2. The summed E-state index contributed by atoms with van der Waals surface area (Å²) >= 11 is 0. The summed E-state index contributed by atoms with van der Waals surface area (Å²) in [6.45, 7) is 6.29. The van der Waals surface area contributed by atoms with Crippen LogP contribution in [-0.2, 0) is 20.9 Å². The van der Waals surface area contributed by atoms with Crippen molar-refractivity contribution in [3.63, 3.8) is 0 Å². The molecule has 0 spiro atoms. The molecule has 0 aliphatic carbocycles. The lowest BCUT2D eigenvalue weighted by Crippen LogP contribution is -2.39. The molecule has 134 valence electrons. The van der Waals surface area contributed by atoms with Crippen LogP contribution in [0.2, 0.25) is 0 Å². The van der Waals surface area contributed by atoms with Gasteiger partial charge in [-0.1, -0.05) is 6.92 Å². The number of methoxy groups -OCH3 is 1. The van der Waals surface area contributed by atoms with Crippen LogP contribution in [-0.4, -0.2) is 50.6 Å². The van der Waals surface area contributed by atoms with Gasteiger partial charge in [-0.3, -0.25) is 9.59 Å². The highest BCUT2D eigenvalue weighted by Crippen LogP contribution is 2.25. The van der Waals surface area contributed by atoms with Crippen molar-refractivity contribution in [1.29, 1.82) is 0 Å². The van der Waals surface area contributed by atoms with Crippen LogP contribution in [0, 0.1) is 0 Å². The van der Waals surface area contributed by atoms with Crippen molar-refractivity contribution in [2.24, 2.45) is 0 Å². The Morgan fingerprint density at radius 3 is 2.42 bits per heavy atom. The Morgan fingerprint density at radius 1 is 1.25 bits per heavy atom. The van der Waals surface area contributed by atoms with Gasteiger partial charge < -0.3 is 19.9 Å². The second-order valence-electron chi connectivity index (χ2n) is 6.19. The third-order valence-electron chi connectivity index (χ3n) is 3.72. The van der Waals surface area contributed by atoms with Crippen molar-refractivity contribution < 1.29 is 14.3 Å². The van der Waals surface area contributed by atoms with Crippen molar-refractivity contribution in [2.45, 2.75) is 39.8 Å². The monoisotopic (exact) mass is 335 g/mol. The Hall–Kier alpha value is -2.08. The number of benzene rings is 1. The van der Waals surface area contributed by atoms with Crippen LogP contribution < -0.4 is 10.2 Å². The lowest BCUT2D eigenvalue weighted by molar-refractivity contribution is -0.137. The van der Waals surface area contributed by atoms with Gasteiger partial charge in [0.15, 0.2) is 0 Å². The molecule has 0 saturated carbocycles. The van der Waals surface area contributed by atoms with Crippen molar-refractivity contribution in [1.82, 2.24) is 4.90 Å². The third kappa shape index (κ3) is 5.53. The molecule has 0 fully saturated rings. The highest BCUT2D eigenvalue weighted by atomic mass is 16.5. The summed E-state index contributed by atoms with van der Waals surface area (Å²) in [5.74, 6) is -0.0880. The predicted octanol–water partition coefficient (Wildman–Crippen LogP) is 2.48. The van der Waals surface area contributed by atoms with Crippen LogP contribution in [0.1, 0.15) is 32.8 Å². The van der Waals surface area contributed by atoms with Crippen molar-refractivity contribution in [3.05, 3.63) is 23.8 Å². The summed E-state index contributed by atoms with van der Waals surface area (Å²) < 4.78 is 4.98. The number of anilines is 2. The van der Waals surface area contributed by atoms with E-state index in [1.54, 1.807) is 4.90 Å². The van der Waals surface area contributed by atoms with Crippen molar-refractivity contribution in [3.8, 4) is 0 Å². The molecule has 0 bridgehead atoms. The Bertz CT molecular complexity index is 571. The zero-order valence-corrected chi connectivity index (χ0v) is 15.5. The van der Waals surface area contributed by atoms with Crippen LogP contribution >= 0.6 is 0 Å². The third-order valence-corrected chi connectivity index (χ3v) is 3.72. The molecule has 1 rings (SSSR count). The second-order valence-corrected chi connectivity index (χ2v) is 6.19. The summed E-state index contributed by atoms with van der Waals surface area (Å²) in [5.41, 5.74) is 2.73. The van der Waals surface area contributed by atoms with Gasteiger partial charge in [-0.15, -0.1) is 0 Å². The summed E-state index contributed by atoms with van der Waals surface area (Å²) in [5, 5.41) is 2.87. The highest BCUT2D eigenvalue weighted by molar-refractivity contribution is 5.91. The van der Waals surface area contributed by atoms with Crippen LogP contribution in [0.5, 0.6) is 0 Å². The molecule has 6 nitrogen and oxygen atoms in total. The fourth-order valence-corrected chi connectivity index (χ4v) is 2.42. The largest absolute Gasteiger partial charge is 0.377 e. The molecule has 6 heteroatoms. The van der Waals surface area contributed by atoms with Crippen LogP contribution in [0.3, 0.4) is 0 Å². The molecule has 0 aromatic heterocycles. The van der Waals surface area contributed by atoms with Gasteiger partial charge in [0, 0.05) is 51.6 Å². The molecule has 1 aromatic carbocycles. The molecule has 0 unspecified atom stereocenters. The average Bonchev–Trinajstić information content (AvgIpc) is 2.52. The number of ether oxygens (including phenoxy) is 1. The molecule has 2 amide bonds. The van der Waals surface area contributed by atoms with E-state index >= 15 is 0 Å². The van der Waals surface area contributed by atoms with Gasteiger partial charge in [0.25, 0.3) is 0 Å². The normalized spacial score (nSPS) is 10.6. The van der Waals surface area contributed by atoms with Gasteiger partial charge in [-0.2, -0.15) is 0 Å². The van der Waals surface area contributed by atoms with Gasteiger partial charge in [0.1, 0.15) is 6.61 Å². The average molecular weight is 335 g/mol. The highest BCUT2D eigenvalue weighted by Gasteiger charge is 2.19. The number of carbonyl (C=O) groups excluding carboxylic acids is 2. The first kappa shape index (κ1) is 20.0. The Morgan fingerprint density at radius 2 is 1.92 bits per heavy atom. The first-order valence-electron chi connectivity index (χ1n) is 8.18. The van der Waals surface area contributed by atoms with Crippen molar-refractivity contribution in [2.75, 3.05) is 38.0 Å². The molecule has 0 radical (unpaired) electrons. The molecular weight excluding hydrogens is 306 g/mol. The lowest BCUT2D eigenvalue weighted by atomic mass is 10.1. The van der Waals surface area contributed by atoms with E-state index in [1.165, 1.54) is 7.11 Å². The molecule has 1 aromatic rings. The topological polar surface area (TPSA) is 61.9 Å². The first-order valence-corrected chi connectivity index (χ1v) is 8.18. The molecule has 0 saturated heterocycles. The zero-order valence-electron chi connectivity index (χ0n) is 15.5. The fraction of sp³-hybridized carbons (Fsp3) is 0.556. The van der Waals surface area contributed by atoms with E-state index in [4.69, 9.17) is 4.74 Å². The first-order chi connectivity index (χ1) is 11.3. The fourth-order valence-electron chi connectivity index (χ4n) is 2.42. The predicted molar refractivity (Wildman–Crippen MR) is 97.3 cm³/mol. The summed E-state index contributed by atoms with van der Waals surface area (Å²) in [6.07, 6.45) is 0.426. The van der Waals surface area contributed by atoms with Gasteiger partial charge in [0.05, 0.1) is 0 Å². The minimum Gasteiger partial charge on any atom is -0.377 e. The molecule has 0 atom stereocenters. The van der Waals surface area contributed by atoms with Gasteiger partial charge in [-0.25, -0.2) is 0 Å². The minimum atomic E-state index is -0.0554. The van der Waals surface area contributed by atoms with Crippen LogP contribution in [0.15, 0.2) is 18.2 Å². The zero-order chi connectivity index (χ0) is 18.3. The van der Waals surface area contributed by atoms with Gasteiger partial charge in [0.2, 0.25) is 11.8 Å². The van der Waals surface area contributed by atoms with E-state index in [1.807, 2.05) is 58.0 Å². The maximum Gasteiger partial charge on any atom is 0.249 e. The van der Waals surface area contributed by atoms with E-state index in [-0.39, 0.29) is 24.5 Å².